The van der Waals surface area contributed by atoms with Crippen LogP contribution in [-0.4, -0.2) is 13.1 Å². The molecule has 2 N–H and O–H groups in total. The van der Waals surface area contributed by atoms with Crippen LogP contribution in [0.15, 0.2) is 36.5 Å². The first-order valence-electron chi connectivity index (χ1n) is 7.12. The Labute approximate surface area is 120 Å². The van der Waals surface area contributed by atoms with E-state index in [4.69, 9.17) is 4.74 Å². The van der Waals surface area contributed by atoms with E-state index in [0.717, 1.165) is 11.3 Å². The summed E-state index contributed by atoms with van der Waals surface area (Å²) in [6.45, 7) is 0.486. The molecule has 0 radical (unpaired) electrons. The van der Waals surface area contributed by atoms with Crippen molar-refractivity contribution in [1.29, 1.82) is 0 Å². The number of urea groups is 1. The topological polar surface area (TPSA) is 50.4 Å². The molecular formula is C16H22N2O2. The van der Waals surface area contributed by atoms with Crippen LogP contribution in [0.25, 0.3) is 0 Å². The predicted molar refractivity (Wildman–Crippen MR) is 79.5 cm³/mol. The first-order valence-corrected chi connectivity index (χ1v) is 7.12. The number of carbonyl (C=O) groups excluding carboxylic acids is 1. The second-order valence-corrected chi connectivity index (χ2v) is 5.08. The molecule has 0 aromatic heterocycles. The van der Waals surface area contributed by atoms with Crippen LogP contribution < -0.4 is 15.4 Å². The van der Waals surface area contributed by atoms with Crippen LogP contribution >= 0.6 is 0 Å². The van der Waals surface area contributed by atoms with Crippen LogP contribution in [0.3, 0.4) is 0 Å². The quantitative estimate of drug-likeness (QED) is 0.866. The van der Waals surface area contributed by atoms with Gasteiger partial charge in [-0.3, -0.25) is 0 Å². The fraction of sp³-hybridized carbons (Fsp3) is 0.438. The van der Waals surface area contributed by atoms with E-state index in [1.165, 1.54) is 25.7 Å². The third kappa shape index (κ3) is 4.61. The molecule has 0 bridgehead atoms. The van der Waals surface area contributed by atoms with Gasteiger partial charge in [0, 0.05) is 12.7 Å². The minimum atomic E-state index is -0.179. The van der Waals surface area contributed by atoms with Gasteiger partial charge in [-0.2, -0.15) is 0 Å². The summed E-state index contributed by atoms with van der Waals surface area (Å²) >= 11 is 0. The number of hydrogen-bond donors (Lipinski definition) is 2. The normalized spacial score (nSPS) is 15.4. The zero-order valence-corrected chi connectivity index (χ0v) is 11.9. The molecule has 108 valence electrons. The molecule has 0 saturated heterocycles. The molecule has 1 aliphatic carbocycles. The van der Waals surface area contributed by atoms with Crippen LogP contribution in [0, 0.1) is 5.92 Å². The maximum Gasteiger partial charge on any atom is 0.319 e. The average Bonchev–Trinajstić information content (AvgIpc) is 2.98. The Kier molecular flexibility index (Phi) is 5.47. The van der Waals surface area contributed by atoms with E-state index in [1.54, 1.807) is 13.3 Å². The summed E-state index contributed by atoms with van der Waals surface area (Å²) < 4.78 is 5.14. The molecule has 2 rings (SSSR count). The fourth-order valence-corrected chi connectivity index (χ4v) is 2.43. The van der Waals surface area contributed by atoms with Gasteiger partial charge in [0.15, 0.2) is 0 Å². The minimum Gasteiger partial charge on any atom is -0.497 e. The molecule has 0 atom stereocenters. The van der Waals surface area contributed by atoms with Crippen LogP contribution in [0.5, 0.6) is 5.75 Å². The van der Waals surface area contributed by atoms with Crippen molar-refractivity contribution in [2.45, 2.75) is 32.2 Å². The van der Waals surface area contributed by atoms with Gasteiger partial charge >= 0.3 is 6.03 Å². The van der Waals surface area contributed by atoms with Gasteiger partial charge in [-0.05, 0) is 36.5 Å². The van der Waals surface area contributed by atoms with Crippen LogP contribution in [0.1, 0.15) is 31.2 Å². The number of allylic oxidation sites excluding steroid dienone is 1. The van der Waals surface area contributed by atoms with Gasteiger partial charge in [0.25, 0.3) is 0 Å². The lowest BCUT2D eigenvalue weighted by atomic mass is 10.1. The van der Waals surface area contributed by atoms with Crippen molar-refractivity contribution in [1.82, 2.24) is 10.6 Å². The molecule has 0 unspecified atom stereocenters. The Morgan fingerprint density at radius 1 is 1.40 bits per heavy atom. The maximum atomic E-state index is 11.6. The van der Waals surface area contributed by atoms with Gasteiger partial charge in [-0.1, -0.05) is 31.1 Å². The van der Waals surface area contributed by atoms with Gasteiger partial charge in [0.1, 0.15) is 5.75 Å². The summed E-state index contributed by atoms with van der Waals surface area (Å²) in [5, 5.41) is 5.57. The van der Waals surface area contributed by atoms with Crippen LogP contribution in [0.2, 0.25) is 0 Å². The summed E-state index contributed by atoms with van der Waals surface area (Å²) in [5.74, 6) is 1.43. The highest BCUT2D eigenvalue weighted by Crippen LogP contribution is 2.25. The second-order valence-electron chi connectivity index (χ2n) is 5.08. The Morgan fingerprint density at radius 3 is 2.95 bits per heavy atom. The van der Waals surface area contributed by atoms with Crippen molar-refractivity contribution in [2.75, 3.05) is 7.11 Å². The first kappa shape index (κ1) is 14.4. The van der Waals surface area contributed by atoms with E-state index in [1.807, 2.05) is 24.3 Å². The number of ether oxygens (including phenoxy) is 1. The number of methoxy groups -OCH3 is 1. The number of benzene rings is 1. The third-order valence-corrected chi connectivity index (χ3v) is 3.57. The molecule has 4 nitrogen and oxygen atoms in total. The first-order chi connectivity index (χ1) is 9.78. The molecule has 1 aromatic rings. The third-order valence-electron chi connectivity index (χ3n) is 3.57. The van der Waals surface area contributed by atoms with Gasteiger partial charge in [-0.25, -0.2) is 4.79 Å². The molecule has 0 spiro atoms. The molecule has 4 heteroatoms. The van der Waals surface area contributed by atoms with E-state index >= 15 is 0 Å². The number of hydrogen-bond acceptors (Lipinski definition) is 2. The summed E-state index contributed by atoms with van der Waals surface area (Å²) in [4.78, 5) is 11.6. The van der Waals surface area contributed by atoms with Crippen molar-refractivity contribution in [3.05, 3.63) is 42.1 Å². The van der Waals surface area contributed by atoms with E-state index < -0.39 is 0 Å². The lowest BCUT2D eigenvalue weighted by Crippen LogP contribution is -2.31. The van der Waals surface area contributed by atoms with Gasteiger partial charge < -0.3 is 15.4 Å². The number of carbonyl (C=O) groups is 1. The molecule has 1 fully saturated rings. The summed E-state index contributed by atoms with van der Waals surface area (Å²) in [5.41, 5.74) is 1.01. The maximum absolute atomic E-state index is 11.6. The lowest BCUT2D eigenvalue weighted by molar-refractivity contribution is 0.243. The minimum absolute atomic E-state index is 0.179. The fourth-order valence-electron chi connectivity index (χ4n) is 2.43. The smallest absolute Gasteiger partial charge is 0.319 e. The molecule has 0 aliphatic heterocycles. The van der Waals surface area contributed by atoms with Crippen LogP contribution in [0.4, 0.5) is 4.79 Å². The zero-order valence-electron chi connectivity index (χ0n) is 11.9. The van der Waals surface area contributed by atoms with Crippen molar-refractivity contribution >= 4 is 6.03 Å². The van der Waals surface area contributed by atoms with E-state index in [-0.39, 0.29) is 6.03 Å². The monoisotopic (exact) mass is 274 g/mol. The van der Waals surface area contributed by atoms with Crippen molar-refractivity contribution in [3.8, 4) is 5.75 Å². The molecule has 0 heterocycles. The number of rotatable bonds is 5. The van der Waals surface area contributed by atoms with E-state index in [0.29, 0.717) is 12.5 Å². The second kappa shape index (κ2) is 7.58. The molecule has 1 aromatic carbocycles. The zero-order chi connectivity index (χ0) is 14.2. The molecular weight excluding hydrogens is 252 g/mol. The Bertz CT molecular complexity index is 465. The van der Waals surface area contributed by atoms with Gasteiger partial charge in [0.05, 0.1) is 7.11 Å². The standard InChI is InChI=1S/C16H22N2O2/c1-20-15-8-4-7-14(11-15)12-18-16(19)17-10-9-13-5-2-3-6-13/h4,7-11,13H,2-3,5-6,12H2,1H3,(H2,17,18,19)/b10-9+. The summed E-state index contributed by atoms with van der Waals surface area (Å²) in [7, 11) is 1.63. The van der Waals surface area contributed by atoms with Gasteiger partial charge in [0.2, 0.25) is 0 Å². The van der Waals surface area contributed by atoms with Crippen molar-refractivity contribution < 1.29 is 9.53 Å². The SMILES string of the molecule is COc1cccc(CNC(=O)N/C=C/C2CCCC2)c1. The average molecular weight is 274 g/mol. The highest BCUT2D eigenvalue weighted by Gasteiger charge is 2.11. The molecule has 1 aliphatic rings. The highest BCUT2D eigenvalue weighted by atomic mass is 16.5. The molecule has 2 amide bonds. The van der Waals surface area contributed by atoms with Gasteiger partial charge in [-0.15, -0.1) is 0 Å². The number of amides is 2. The van der Waals surface area contributed by atoms with Crippen molar-refractivity contribution in [2.24, 2.45) is 5.92 Å². The number of nitrogens with one attached hydrogen (secondary N) is 2. The van der Waals surface area contributed by atoms with E-state index in [9.17, 15) is 4.79 Å². The van der Waals surface area contributed by atoms with E-state index in [2.05, 4.69) is 16.7 Å². The Hall–Kier alpha value is -1.97. The molecule has 1 saturated carbocycles. The van der Waals surface area contributed by atoms with Crippen LogP contribution in [-0.2, 0) is 6.54 Å². The lowest BCUT2D eigenvalue weighted by Gasteiger charge is -2.07. The Morgan fingerprint density at radius 2 is 2.20 bits per heavy atom. The summed E-state index contributed by atoms with van der Waals surface area (Å²) in [6.07, 6.45) is 8.94. The molecule has 20 heavy (non-hydrogen) atoms. The predicted octanol–water partition coefficient (Wildman–Crippen LogP) is 3.20. The largest absolute Gasteiger partial charge is 0.497 e. The highest BCUT2D eigenvalue weighted by molar-refractivity contribution is 5.74. The summed E-state index contributed by atoms with van der Waals surface area (Å²) in [6, 6.07) is 7.48. The Balaban J connectivity index is 1.71. The van der Waals surface area contributed by atoms with Crippen molar-refractivity contribution in [3.63, 3.8) is 0 Å².